The van der Waals surface area contributed by atoms with Gasteiger partial charge in [0.15, 0.2) is 0 Å². The van der Waals surface area contributed by atoms with Crippen molar-refractivity contribution in [1.82, 2.24) is 0 Å². The van der Waals surface area contributed by atoms with Gasteiger partial charge < -0.3 is 0 Å². The summed E-state index contributed by atoms with van der Waals surface area (Å²) in [7, 11) is 1.66. The maximum atomic E-state index is 3.70. The SMILES string of the molecule is C=C=CC=NC=NC. The Morgan fingerprint density at radius 3 is 2.88 bits per heavy atom. The van der Waals surface area contributed by atoms with Gasteiger partial charge in [0, 0.05) is 13.3 Å². The first-order chi connectivity index (χ1) is 3.91. The van der Waals surface area contributed by atoms with Crippen molar-refractivity contribution in [2.24, 2.45) is 9.98 Å². The third-order valence-corrected chi connectivity index (χ3v) is 0.461. The molecule has 0 saturated carbocycles. The van der Waals surface area contributed by atoms with Crippen LogP contribution in [0.3, 0.4) is 0 Å². The Morgan fingerprint density at radius 2 is 2.38 bits per heavy atom. The van der Waals surface area contributed by atoms with Gasteiger partial charge in [-0.15, -0.1) is 5.73 Å². The van der Waals surface area contributed by atoms with E-state index in [1.54, 1.807) is 19.3 Å². The molecule has 42 valence electrons. The molecule has 0 aromatic heterocycles. The van der Waals surface area contributed by atoms with Crippen molar-refractivity contribution < 1.29 is 0 Å². The zero-order valence-corrected chi connectivity index (χ0v) is 4.83. The average Bonchev–Trinajstić information content (AvgIpc) is 1.81. The highest BCUT2D eigenvalue weighted by molar-refractivity contribution is 5.79. The van der Waals surface area contributed by atoms with Gasteiger partial charge in [0.1, 0.15) is 6.34 Å². The summed E-state index contributed by atoms with van der Waals surface area (Å²) in [4.78, 5) is 7.32. The molecule has 0 unspecified atom stereocenters. The fourth-order valence-corrected chi connectivity index (χ4v) is 0.201. The van der Waals surface area contributed by atoms with Gasteiger partial charge in [-0.3, -0.25) is 4.99 Å². The van der Waals surface area contributed by atoms with E-state index in [0.717, 1.165) is 0 Å². The predicted octanol–water partition coefficient (Wildman–Crippen LogP) is 1.06. The zero-order chi connectivity index (χ0) is 6.24. The van der Waals surface area contributed by atoms with Crippen LogP contribution in [0.4, 0.5) is 0 Å². The van der Waals surface area contributed by atoms with Crippen LogP contribution in [-0.2, 0) is 0 Å². The van der Waals surface area contributed by atoms with E-state index >= 15 is 0 Å². The molecule has 0 rings (SSSR count). The van der Waals surface area contributed by atoms with Crippen molar-refractivity contribution in [1.29, 1.82) is 0 Å². The van der Waals surface area contributed by atoms with Crippen LogP contribution in [0, 0.1) is 0 Å². The van der Waals surface area contributed by atoms with Gasteiger partial charge in [0.2, 0.25) is 0 Å². The molecule has 0 fully saturated rings. The highest BCUT2D eigenvalue weighted by atomic mass is 14.8. The molecule has 0 aliphatic carbocycles. The van der Waals surface area contributed by atoms with E-state index in [1.165, 1.54) is 6.34 Å². The summed E-state index contributed by atoms with van der Waals surface area (Å²) >= 11 is 0. The fourth-order valence-electron chi connectivity index (χ4n) is 0.201. The van der Waals surface area contributed by atoms with Gasteiger partial charge >= 0.3 is 0 Å². The van der Waals surface area contributed by atoms with Crippen molar-refractivity contribution in [2.75, 3.05) is 7.05 Å². The Bertz CT molecular complexity index is 139. The van der Waals surface area contributed by atoms with Gasteiger partial charge in [-0.2, -0.15) is 0 Å². The van der Waals surface area contributed by atoms with E-state index in [9.17, 15) is 0 Å². The van der Waals surface area contributed by atoms with Crippen molar-refractivity contribution in [2.45, 2.75) is 0 Å². The van der Waals surface area contributed by atoms with Crippen LogP contribution in [0.1, 0.15) is 0 Å². The Labute approximate surface area is 49.0 Å². The maximum Gasteiger partial charge on any atom is 0.109 e. The van der Waals surface area contributed by atoms with Crippen LogP contribution in [0.2, 0.25) is 0 Å². The Morgan fingerprint density at radius 1 is 1.62 bits per heavy atom. The first-order valence-corrected chi connectivity index (χ1v) is 2.20. The van der Waals surface area contributed by atoms with E-state index in [4.69, 9.17) is 0 Å². The number of hydrogen-bond donors (Lipinski definition) is 0. The summed E-state index contributed by atoms with van der Waals surface area (Å²) in [5, 5.41) is 0. The molecule has 0 spiro atoms. The second-order valence-electron chi connectivity index (χ2n) is 1.04. The van der Waals surface area contributed by atoms with E-state index in [-0.39, 0.29) is 0 Å². The van der Waals surface area contributed by atoms with E-state index in [1.807, 2.05) is 0 Å². The minimum absolute atomic E-state index is 1.45. The minimum atomic E-state index is 1.45. The van der Waals surface area contributed by atoms with Crippen LogP contribution in [0.15, 0.2) is 28.4 Å². The average molecular weight is 108 g/mol. The lowest BCUT2D eigenvalue weighted by Gasteiger charge is -1.67. The first kappa shape index (κ1) is 6.86. The number of rotatable bonds is 2. The lowest BCUT2D eigenvalue weighted by Crippen LogP contribution is -1.64. The molecule has 0 aromatic carbocycles. The van der Waals surface area contributed by atoms with E-state index in [2.05, 4.69) is 22.3 Å². The molecule has 0 N–H and O–H groups in total. The molecule has 0 aromatic rings. The Kier molecular flexibility index (Phi) is 5.02. The molecule has 0 atom stereocenters. The summed E-state index contributed by atoms with van der Waals surface area (Å²) in [5.74, 6) is 0. The highest BCUT2D eigenvalue weighted by Crippen LogP contribution is 1.59. The Balaban J connectivity index is 3.50. The van der Waals surface area contributed by atoms with Gasteiger partial charge in [-0.05, 0) is 6.08 Å². The first-order valence-electron chi connectivity index (χ1n) is 2.20. The standard InChI is InChI=1S/C6H8N2/c1-3-4-5-8-6-7-2/h4-6H,1H2,2H3. The van der Waals surface area contributed by atoms with Crippen molar-refractivity contribution >= 4 is 12.6 Å². The lowest BCUT2D eigenvalue weighted by atomic mass is 10.6. The van der Waals surface area contributed by atoms with Crippen molar-refractivity contribution in [3.8, 4) is 0 Å². The highest BCUT2D eigenvalue weighted by Gasteiger charge is 1.54. The van der Waals surface area contributed by atoms with Crippen LogP contribution in [-0.4, -0.2) is 19.6 Å². The summed E-state index contributed by atoms with van der Waals surface area (Å²) in [6.45, 7) is 3.34. The van der Waals surface area contributed by atoms with Gasteiger partial charge in [-0.25, -0.2) is 4.99 Å². The topological polar surface area (TPSA) is 24.7 Å². The molecule has 2 heteroatoms. The molecule has 0 amide bonds. The molecular weight excluding hydrogens is 100 g/mol. The quantitative estimate of drug-likeness (QED) is 0.287. The third-order valence-electron chi connectivity index (χ3n) is 0.461. The molecule has 8 heavy (non-hydrogen) atoms. The number of allylic oxidation sites excluding steroid dienone is 1. The lowest BCUT2D eigenvalue weighted by molar-refractivity contribution is 1.45. The monoisotopic (exact) mass is 108 g/mol. The predicted molar refractivity (Wildman–Crippen MR) is 36.6 cm³/mol. The third kappa shape index (κ3) is 4.86. The second kappa shape index (κ2) is 5.86. The van der Waals surface area contributed by atoms with Crippen LogP contribution >= 0.6 is 0 Å². The molecule has 0 aliphatic heterocycles. The molecule has 0 saturated heterocycles. The Hall–Kier alpha value is -1.14. The molecule has 2 nitrogen and oxygen atoms in total. The molecule has 0 bridgehead atoms. The molecule has 0 heterocycles. The van der Waals surface area contributed by atoms with Crippen molar-refractivity contribution in [3.63, 3.8) is 0 Å². The van der Waals surface area contributed by atoms with Crippen LogP contribution < -0.4 is 0 Å². The number of hydrogen-bond acceptors (Lipinski definition) is 1. The summed E-state index contributed by atoms with van der Waals surface area (Å²) in [5.41, 5.74) is 2.54. The van der Waals surface area contributed by atoms with Gasteiger partial charge in [0.25, 0.3) is 0 Å². The van der Waals surface area contributed by atoms with Crippen LogP contribution in [0.25, 0.3) is 0 Å². The number of nitrogens with zero attached hydrogens (tertiary/aromatic N) is 2. The fraction of sp³-hybridized carbons (Fsp3) is 0.167. The maximum absolute atomic E-state index is 3.70. The summed E-state index contributed by atoms with van der Waals surface area (Å²) < 4.78 is 0. The second-order valence-corrected chi connectivity index (χ2v) is 1.04. The molecular formula is C6H8N2. The summed E-state index contributed by atoms with van der Waals surface area (Å²) in [6, 6.07) is 0. The summed E-state index contributed by atoms with van der Waals surface area (Å²) in [6.07, 6.45) is 4.63. The van der Waals surface area contributed by atoms with Crippen LogP contribution in [0.5, 0.6) is 0 Å². The van der Waals surface area contributed by atoms with Gasteiger partial charge in [0.05, 0.1) is 0 Å². The van der Waals surface area contributed by atoms with Gasteiger partial charge in [-0.1, -0.05) is 6.58 Å². The molecule has 0 radical (unpaired) electrons. The zero-order valence-electron chi connectivity index (χ0n) is 4.83. The number of aliphatic imine (C=N–C) groups is 2. The minimum Gasteiger partial charge on any atom is -0.277 e. The largest absolute Gasteiger partial charge is 0.277 e. The molecule has 0 aliphatic rings. The normalized spacial score (nSPS) is 10.1. The smallest absolute Gasteiger partial charge is 0.109 e. The van der Waals surface area contributed by atoms with E-state index in [0.29, 0.717) is 0 Å². The van der Waals surface area contributed by atoms with Crippen molar-refractivity contribution in [3.05, 3.63) is 18.4 Å². The van der Waals surface area contributed by atoms with E-state index < -0.39 is 0 Å².